The number of anilines is 1. The molecule has 33 heavy (non-hydrogen) atoms. The Balaban J connectivity index is 1.13. The van der Waals surface area contributed by atoms with Crippen LogP contribution in [-0.2, 0) is 6.42 Å². The van der Waals surface area contributed by atoms with Gasteiger partial charge in [0, 0.05) is 6.07 Å². The van der Waals surface area contributed by atoms with Gasteiger partial charge >= 0.3 is 11.8 Å². The number of hydrogen-bond acceptors (Lipinski definition) is 7. The van der Waals surface area contributed by atoms with Crippen LogP contribution in [0.15, 0.2) is 47.0 Å². The number of halogens is 1. The van der Waals surface area contributed by atoms with Gasteiger partial charge in [-0.05, 0) is 61.6 Å². The van der Waals surface area contributed by atoms with Gasteiger partial charge in [0.25, 0.3) is 0 Å². The highest BCUT2D eigenvalue weighted by Crippen LogP contribution is 2.51. The van der Waals surface area contributed by atoms with Crippen LogP contribution in [0.3, 0.4) is 0 Å². The number of ether oxygens (including phenoxy) is 1. The molecule has 2 fully saturated rings. The summed E-state index contributed by atoms with van der Waals surface area (Å²) in [5, 5.41) is 19.8. The van der Waals surface area contributed by atoms with Gasteiger partial charge < -0.3 is 19.6 Å². The van der Waals surface area contributed by atoms with E-state index in [-0.39, 0.29) is 36.2 Å². The van der Waals surface area contributed by atoms with E-state index in [2.05, 4.69) is 20.5 Å². The van der Waals surface area contributed by atoms with E-state index in [4.69, 9.17) is 9.15 Å². The number of pyridine rings is 1. The third kappa shape index (κ3) is 4.88. The Morgan fingerprint density at radius 2 is 1.97 bits per heavy atom. The van der Waals surface area contributed by atoms with E-state index in [0.29, 0.717) is 22.5 Å². The minimum absolute atomic E-state index is 0.101. The van der Waals surface area contributed by atoms with Crippen LogP contribution in [0.4, 0.5) is 10.1 Å². The fourth-order valence-corrected chi connectivity index (χ4v) is 4.77. The largest absolute Gasteiger partial charge is 0.474 e. The van der Waals surface area contributed by atoms with Crippen molar-refractivity contribution in [3.63, 3.8) is 0 Å². The summed E-state index contributed by atoms with van der Waals surface area (Å²) in [5.41, 5.74) is 1.20. The van der Waals surface area contributed by atoms with Crippen molar-refractivity contribution < 1.29 is 23.4 Å². The molecule has 2 saturated carbocycles. The van der Waals surface area contributed by atoms with Gasteiger partial charge in [-0.3, -0.25) is 4.79 Å². The number of carbonyl (C=O) groups excluding carboxylic acids is 1. The van der Waals surface area contributed by atoms with E-state index in [9.17, 15) is 14.3 Å². The van der Waals surface area contributed by atoms with Gasteiger partial charge in [0.2, 0.25) is 11.8 Å². The highest BCUT2D eigenvalue weighted by Gasteiger charge is 2.45. The highest BCUT2D eigenvalue weighted by molar-refractivity contribution is 6.00. The van der Waals surface area contributed by atoms with E-state index in [1.807, 2.05) is 0 Å². The summed E-state index contributed by atoms with van der Waals surface area (Å²) in [6, 6.07) is 9.70. The molecule has 2 aliphatic rings. The quantitative estimate of drug-likeness (QED) is 0.583. The number of aromatic nitrogens is 3. The third-order valence-corrected chi connectivity index (χ3v) is 6.57. The summed E-state index contributed by atoms with van der Waals surface area (Å²) < 4.78 is 25.2. The number of benzene rings is 1. The molecule has 2 N–H and O–H groups in total. The SMILES string of the molecule is O=C(Nc1ccc(OC2CCC3(CC2)CC(O)C3)nc1)c1nnc(Cc2ccccc2F)o1. The number of nitrogens with zero attached hydrogens (tertiary/aromatic N) is 3. The molecule has 0 bridgehead atoms. The van der Waals surface area contributed by atoms with Gasteiger partial charge in [0.05, 0.1) is 24.4 Å². The number of rotatable bonds is 6. The molecule has 0 saturated heterocycles. The molecule has 0 radical (unpaired) electrons. The van der Waals surface area contributed by atoms with Crippen LogP contribution in [0.5, 0.6) is 5.88 Å². The van der Waals surface area contributed by atoms with E-state index in [0.717, 1.165) is 38.5 Å². The van der Waals surface area contributed by atoms with Gasteiger partial charge in [0.1, 0.15) is 11.9 Å². The monoisotopic (exact) mass is 452 g/mol. The minimum Gasteiger partial charge on any atom is -0.474 e. The second-order valence-corrected chi connectivity index (χ2v) is 8.99. The van der Waals surface area contributed by atoms with Crippen molar-refractivity contribution in [3.8, 4) is 5.88 Å². The van der Waals surface area contributed by atoms with Crippen molar-refractivity contribution in [1.29, 1.82) is 0 Å². The standard InChI is InChI=1S/C24H25FN4O4/c25-19-4-2-1-3-15(19)11-21-28-29-23(33-21)22(31)27-16-5-6-20(26-14-16)32-18-7-9-24(10-8-18)12-17(30)13-24/h1-6,14,17-18,30H,7-13H2,(H,27,31). The number of carbonyl (C=O) groups is 1. The molecule has 1 aromatic carbocycles. The maximum Gasteiger partial charge on any atom is 0.313 e. The Morgan fingerprint density at radius 3 is 2.67 bits per heavy atom. The summed E-state index contributed by atoms with van der Waals surface area (Å²) in [5.74, 6) is -0.494. The van der Waals surface area contributed by atoms with E-state index in [1.165, 1.54) is 12.3 Å². The van der Waals surface area contributed by atoms with Crippen molar-refractivity contribution in [2.75, 3.05) is 5.32 Å². The molecule has 172 valence electrons. The molecular formula is C24H25FN4O4. The number of hydrogen-bond donors (Lipinski definition) is 2. The molecule has 0 unspecified atom stereocenters. The van der Waals surface area contributed by atoms with Crippen molar-refractivity contribution >= 4 is 11.6 Å². The molecular weight excluding hydrogens is 427 g/mol. The first kappa shape index (κ1) is 21.5. The molecule has 9 heteroatoms. The van der Waals surface area contributed by atoms with E-state index in [1.54, 1.807) is 30.3 Å². The fourth-order valence-electron chi connectivity index (χ4n) is 4.77. The normalized spacial score (nSPS) is 24.3. The summed E-state index contributed by atoms with van der Waals surface area (Å²) in [6.45, 7) is 0. The van der Waals surface area contributed by atoms with Crippen molar-refractivity contribution in [2.24, 2.45) is 5.41 Å². The summed E-state index contributed by atoms with van der Waals surface area (Å²) in [7, 11) is 0. The highest BCUT2D eigenvalue weighted by atomic mass is 19.1. The lowest BCUT2D eigenvalue weighted by Crippen LogP contribution is -2.44. The average Bonchev–Trinajstić information content (AvgIpc) is 3.26. The first-order valence-corrected chi connectivity index (χ1v) is 11.2. The van der Waals surface area contributed by atoms with Crippen molar-refractivity contribution in [1.82, 2.24) is 15.2 Å². The zero-order valence-corrected chi connectivity index (χ0v) is 18.0. The molecule has 1 amide bonds. The molecule has 1 spiro atoms. The average molecular weight is 452 g/mol. The third-order valence-electron chi connectivity index (χ3n) is 6.57. The number of nitrogens with one attached hydrogen (secondary N) is 1. The predicted molar refractivity (Wildman–Crippen MR) is 116 cm³/mol. The summed E-state index contributed by atoms with van der Waals surface area (Å²) >= 11 is 0. The molecule has 8 nitrogen and oxygen atoms in total. The van der Waals surface area contributed by atoms with Gasteiger partial charge in [-0.1, -0.05) is 18.2 Å². The Labute approximate surface area is 190 Å². The zero-order valence-electron chi connectivity index (χ0n) is 18.0. The smallest absolute Gasteiger partial charge is 0.313 e. The number of aliphatic hydroxyl groups excluding tert-OH is 1. The van der Waals surface area contributed by atoms with Crippen LogP contribution in [-0.4, -0.2) is 38.4 Å². The first-order valence-electron chi connectivity index (χ1n) is 11.2. The fraction of sp³-hybridized carbons (Fsp3) is 0.417. The van der Waals surface area contributed by atoms with Crippen LogP contribution >= 0.6 is 0 Å². The molecule has 2 aliphatic carbocycles. The molecule has 3 aromatic rings. The molecule has 2 heterocycles. The molecule has 0 aliphatic heterocycles. The van der Waals surface area contributed by atoms with Crippen molar-refractivity contribution in [3.05, 3.63) is 65.8 Å². The van der Waals surface area contributed by atoms with Gasteiger partial charge in [0.15, 0.2) is 0 Å². The lowest BCUT2D eigenvalue weighted by atomic mass is 9.59. The molecule has 0 atom stereocenters. The lowest BCUT2D eigenvalue weighted by Gasteiger charge is -2.49. The van der Waals surface area contributed by atoms with Gasteiger partial charge in [-0.15, -0.1) is 10.2 Å². The maximum absolute atomic E-state index is 13.8. The Bertz CT molecular complexity index is 1120. The Morgan fingerprint density at radius 1 is 1.18 bits per heavy atom. The van der Waals surface area contributed by atoms with E-state index < -0.39 is 5.91 Å². The van der Waals surface area contributed by atoms with Crippen LogP contribution in [0.1, 0.15) is 60.7 Å². The lowest BCUT2D eigenvalue weighted by molar-refractivity contribution is -0.0703. The van der Waals surface area contributed by atoms with Crippen LogP contribution in [0.2, 0.25) is 0 Å². The maximum atomic E-state index is 13.8. The van der Waals surface area contributed by atoms with Gasteiger partial charge in [-0.2, -0.15) is 0 Å². The molecule has 5 rings (SSSR count). The van der Waals surface area contributed by atoms with E-state index >= 15 is 0 Å². The van der Waals surface area contributed by atoms with Crippen LogP contribution in [0.25, 0.3) is 0 Å². The Hall–Kier alpha value is -3.33. The van der Waals surface area contributed by atoms with Gasteiger partial charge in [-0.25, -0.2) is 9.37 Å². The van der Waals surface area contributed by atoms with Crippen molar-refractivity contribution in [2.45, 2.75) is 57.2 Å². The van der Waals surface area contributed by atoms with Crippen LogP contribution < -0.4 is 10.1 Å². The minimum atomic E-state index is -0.571. The topological polar surface area (TPSA) is 110 Å². The van der Waals surface area contributed by atoms with Crippen LogP contribution in [0, 0.1) is 11.2 Å². The number of amides is 1. The summed E-state index contributed by atoms with van der Waals surface area (Å²) in [4.78, 5) is 16.7. The summed E-state index contributed by atoms with van der Waals surface area (Å²) in [6.07, 6.45) is 7.50. The second-order valence-electron chi connectivity index (χ2n) is 8.99. The number of aliphatic hydroxyl groups is 1. The second kappa shape index (κ2) is 8.90. The Kier molecular flexibility index (Phi) is 5.80. The zero-order chi connectivity index (χ0) is 22.8. The predicted octanol–water partition coefficient (Wildman–Crippen LogP) is 3.91. The molecule has 2 aromatic heterocycles. The first-order chi connectivity index (χ1) is 16.0.